The second-order valence-electron chi connectivity index (χ2n) is 7.83. The molecular formula is C27H30O5S. The summed E-state index contributed by atoms with van der Waals surface area (Å²) in [4.78, 5) is 12.7. The average molecular weight is 467 g/mol. The van der Waals surface area contributed by atoms with E-state index in [9.17, 15) is 13.2 Å². The van der Waals surface area contributed by atoms with Crippen molar-refractivity contribution in [2.75, 3.05) is 6.61 Å². The molecule has 0 bridgehead atoms. The molecule has 5 nitrogen and oxygen atoms in total. The zero-order chi connectivity index (χ0) is 23.5. The Morgan fingerprint density at radius 1 is 0.848 bits per heavy atom. The van der Waals surface area contributed by atoms with E-state index in [0.29, 0.717) is 19.3 Å². The minimum absolute atomic E-state index is 0.0123. The number of carbonyl (C=O) groups is 1. The number of hydrogen-bond acceptors (Lipinski definition) is 5. The lowest BCUT2D eigenvalue weighted by Crippen LogP contribution is -2.30. The van der Waals surface area contributed by atoms with Gasteiger partial charge in [0.05, 0.1) is 11.5 Å². The van der Waals surface area contributed by atoms with Gasteiger partial charge in [-0.2, -0.15) is 8.42 Å². The summed E-state index contributed by atoms with van der Waals surface area (Å²) in [7, 11) is -4.16. The van der Waals surface area contributed by atoms with Crippen molar-refractivity contribution in [1.82, 2.24) is 0 Å². The summed E-state index contributed by atoms with van der Waals surface area (Å²) in [6.45, 7) is 2.24. The fourth-order valence-corrected chi connectivity index (χ4v) is 4.53. The highest BCUT2D eigenvalue weighted by atomic mass is 32.2. The van der Waals surface area contributed by atoms with Crippen molar-refractivity contribution in [1.29, 1.82) is 0 Å². The molecule has 0 radical (unpaired) electrons. The van der Waals surface area contributed by atoms with Crippen LogP contribution in [0.2, 0.25) is 0 Å². The van der Waals surface area contributed by atoms with Crippen molar-refractivity contribution in [2.24, 2.45) is 0 Å². The van der Waals surface area contributed by atoms with Crippen molar-refractivity contribution in [3.05, 3.63) is 90.5 Å². The number of carbonyl (C=O) groups excluding carboxylic acids is 1. The summed E-state index contributed by atoms with van der Waals surface area (Å²) in [6, 6.07) is 25.9. The molecule has 0 saturated heterocycles. The van der Waals surface area contributed by atoms with Crippen LogP contribution in [-0.2, 0) is 30.3 Å². The first kappa shape index (κ1) is 24.7. The number of hydrogen-bond donors (Lipinski definition) is 0. The van der Waals surface area contributed by atoms with E-state index in [2.05, 4.69) is 0 Å². The number of benzene rings is 3. The van der Waals surface area contributed by atoms with E-state index in [-0.39, 0.29) is 17.9 Å². The monoisotopic (exact) mass is 466 g/mol. The van der Waals surface area contributed by atoms with Gasteiger partial charge in [-0.15, -0.1) is 0 Å². The molecular weight excluding hydrogens is 436 g/mol. The van der Waals surface area contributed by atoms with E-state index in [0.717, 1.165) is 23.1 Å². The van der Waals surface area contributed by atoms with Crippen molar-refractivity contribution >= 4 is 16.1 Å². The molecule has 3 rings (SSSR count). The Morgan fingerprint density at radius 2 is 1.52 bits per heavy atom. The molecule has 0 aliphatic rings. The average Bonchev–Trinajstić information content (AvgIpc) is 2.85. The van der Waals surface area contributed by atoms with Gasteiger partial charge in [-0.25, -0.2) is 4.79 Å². The summed E-state index contributed by atoms with van der Waals surface area (Å²) in [5.74, 6) is -0.640. The molecule has 0 amide bonds. The predicted octanol–water partition coefficient (Wildman–Crippen LogP) is 5.79. The van der Waals surface area contributed by atoms with Crippen LogP contribution in [0.5, 0.6) is 0 Å². The second-order valence-corrected chi connectivity index (χ2v) is 9.40. The summed E-state index contributed by atoms with van der Waals surface area (Å²) in [5.41, 5.74) is 2.77. The van der Waals surface area contributed by atoms with Crippen molar-refractivity contribution < 1.29 is 22.1 Å². The first-order chi connectivity index (χ1) is 16.0. The summed E-state index contributed by atoms with van der Waals surface area (Å²) in [5, 5.41) is 0. The van der Waals surface area contributed by atoms with Gasteiger partial charge in [0.15, 0.2) is 6.10 Å². The maximum atomic E-state index is 13.1. The highest BCUT2D eigenvalue weighted by Gasteiger charge is 2.28. The molecule has 174 valence electrons. The van der Waals surface area contributed by atoms with Crippen molar-refractivity contribution in [3.8, 4) is 11.1 Å². The molecule has 0 heterocycles. The van der Waals surface area contributed by atoms with Crippen LogP contribution in [0.15, 0.2) is 89.8 Å². The Bertz CT molecular complexity index is 1110. The van der Waals surface area contributed by atoms with E-state index >= 15 is 0 Å². The molecule has 0 aliphatic carbocycles. The predicted molar refractivity (Wildman–Crippen MR) is 129 cm³/mol. The number of unbranched alkanes of at least 4 members (excludes halogenated alkanes) is 1. The van der Waals surface area contributed by atoms with Gasteiger partial charge in [-0.05, 0) is 54.5 Å². The van der Waals surface area contributed by atoms with E-state index < -0.39 is 22.2 Å². The number of rotatable bonds is 12. The Balaban J connectivity index is 1.74. The molecule has 0 aromatic heterocycles. The van der Waals surface area contributed by atoms with Crippen molar-refractivity contribution in [3.63, 3.8) is 0 Å². The van der Waals surface area contributed by atoms with Crippen LogP contribution < -0.4 is 0 Å². The van der Waals surface area contributed by atoms with Gasteiger partial charge in [0, 0.05) is 0 Å². The van der Waals surface area contributed by atoms with Crippen LogP contribution in [0.3, 0.4) is 0 Å². The fourth-order valence-electron chi connectivity index (χ4n) is 3.42. The molecule has 0 aliphatic heterocycles. The minimum atomic E-state index is -4.16. The highest BCUT2D eigenvalue weighted by molar-refractivity contribution is 7.86. The first-order valence-corrected chi connectivity index (χ1v) is 12.7. The summed E-state index contributed by atoms with van der Waals surface area (Å²) < 4.78 is 36.9. The number of ether oxygens (including phenoxy) is 1. The molecule has 0 unspecified atom stereocenters. The van der Waals surface area contributed by atoms with E-state index in [4.69, 9.17) is 8.92 Å². The topological polar surface area (TPSA) is 69.7 Å². The molecule has 3 aromatic carbocycles. The van der Waals surface area contributed by atoms with Gasteiger partial charge in [-0.3, -0.25) is 4.18 Å². The Labute approximate surface area is 196 Å². The standard InChI is InChI=1S/C27H30O5S/c1-2-3-20-31-27(28)26(19-10-14-22-12-6-4-7-13-22)32-33(29,30)25-18-11-17-24(21-25)23-15-8-5-9-16-23/h4-9,11-13,15-18,21,26H,2-3,10,14,19-20H2,1H3/t26-/m1/s1. The van der Waals surface area contributed by atoms with Gasteiger partial charge in [0.25, 0.3) is 10.1 Å². The molecule has 6 heteroatoms. The highest BCUT2D eigenvalue weighted by Crippen LogP contribution is 2.25. The van der Waals surface area contributed by atoms with Gasteiger partial charge in [-0.1, -0.05) is 86.1 Å². The Hall–Kier alpha value is -2.96. The lowest BCUT2D eigenvalue weighted by Gasteiger charge is -2.17. The second kappa shape index (κ2) is 12.3. The Morgan fingerprint density at radius 3 is 2.21 bits per heavy atom. The molecule has 33 heavy (non-hydrogen) atoms. The van der Waals surface area contributed by atoms with E-state index in [1.165, 1.54) is 6.07 Å². The molecule has 0 fully saturated rings. The van der Waals surface area contributed by atoms with E-state index in [1.807, 2.05) is 73.7 Å². The lowest BCUT2D eigenvalue weighted by molar-refractivity contribution is -0.152. The van der Waals surface area contributed by atoms with E-state index in [1.54, 1.807) is 12.1 Å². The van der Waals surface area contributed by atoms with Gasteiger partial charge >= 0.3 is 5.97 Å². The van der Waals surface area contributed by atoms with Crippen molar-refractivity contribution in [2.45, 2.75) is 50.0 Å². The third-order valence-corrected chi connectivity index (χ3v) is 6.57. The smallest absolute Gasteiger partial charge is 0.336 e. The minimum Gasteiger partial charge on any atom is -0.464 e. The van der Waals surface area contributed by atoms with Crippen LogP contribution in [-0.4, -0.2) is 27.1 Å². The van der Waals surface area contributed by atoms with Gasteiger partial charge in [0.2, 0.25) is 0 Å². The van der Waals surface area contributed by atoms with Crippen LogP contribution in [0.4, 0.5) is 0 Å². The van der Waals surface area contributed by atoms with Gasteiger partial charge in [0.1, 0.15) is 0 Å². The molecule has 0 N–H and O–H groups in total. The molecule has 0 saturated carbocycles. The zero-order valence-corrected chi connectivity index (χ0v) is 19.7. The quantitative estimate of drug-likeness (QED) is 0.192. The van der Waals surface area contributed by atoms with Gasteiger partial charge < -0.3 is 4.74 Å². The SMILES string of the molecule is CCCCOC(=O)[C@@H](CCCc1ccccc1)OS(=O)(=O)c1cccc(-c2ccccc2)c1. The maximum Gasteiger partial charge on any atom is 0.336 e. The summed E-state index contributed by atoms with van der Waals surface area (Å²) in [6.07, 6.45) is 1.96. The van der Waals surface area contributed by atoms with Crippen LogP contribution in [0, 0.1) is 0 Å². The summed E-state index contributed by atoms with van der Waals surface area (Å²) >= 11 is 0. The maximum absolute atomic E-state index is 13.1. The fraction of sp³-hybridized carbons (Fsp3) is 0.296. The molecule has 0 spiro atoms. The Kier molecular flexibility index (Phi) is 9.22. The number of aryl methyl sites for hydroxylation is 1. The molecule has 3 aromatic rings. The third kappa shape index (κ3) is 7.55. The third-order valence-electron chi connectivity index (χ3n) is 5.25. The zero-order valence-electron chi connectivity index (χ0n) is 18.9. The van der Waals surface area contributed by atoms with Crippen LogP contribution in [0.1, 0.15) is 38.2 Å². The molecule has 1 atom stereocenters. The largest absolute Gasteiger partial charge is 0.464 e. The van der Waals surface area contributed by atoms with Crippen LogP contribution in [0.25, 0.3) is 11.1 Å². The lowest BCUT2D eigenvalue weighted by atomic mass is 10.1. The van der Waals surface area contributed by atoms with Crippen LogP contribution >= 0.6 is 0 Å². The first-order valence-electron chi connectivity index (χ1n) is 11.3. The normalized spacial score (nSPS) is 12.3. The number of esters is 1.